The Bertz CT molecular complexity index is 623. The van der Waals surface area contributed by atoms with Gasteiger partial charge in [0.05, 0.1) is 19.9 Å². The van der Waals surface area contributed by atoms with Crippen molar-refractivity contribution < 1.29 is 9.47 Å². The lowest BCUT2D eigenvalue weighted by Crippen LogP contribution is -2.13. The number of nitrogen functional groups attached to an aromatic ring is 1. The molecule has 0 amide bonds. The zero-order chi connectivity index (χ0) is 14.1. The van der Waals surface area contributed by atoms with E-state index in [4.69, 9.17) is 15.2 Å². The first kappa shape index (κ1) is 12.7. The van der Waals surface area contributed by atoms with E-state index in [-0.39, 0.29) is 0 Å². The topological polar surface area (TPSA) is 47.7 Å². The monoisotopic (exact) mass is 270 g/mol. The van der Waals surface area contributed by atoms with Crippen molar-refractivity contribution in [2.45, 2.75) is 6.42 Å². The van der Waals surface area contributed by atoms with Gasteiger partial charge in [-0.2, -0.15) is 0 Å². The number of hydrogen-bond acceptors (Lipinski definition) is 4. The van der Waals surface area contributed by atoms with Gasteiger partial charge in [-0.15, -0.1) is 0 Å². The Morgan fingerprint density at radius 2 is 1.80 bits per heavy atom. The van der Waals surface area contributed by atoms with Crippen LogP contribution in [0.5, 0.6) is 11.5 Å². The van der Waals surface area contributed by atoms with Crippen LogP contribution in [0.3, 0.4) is 0 Å². The van der Waals surface area contributed by atoms with Crippen LogP contribution >= 0.6 is 0 Å². The number of nitrogens with two attached hydrogens (primary N) is 1. The molecule has 2 aromatic carbocycles. The predicted molar refractivity (Wildman–Crippen MR) is 81.1 cm³/mol. The number of methoxy groups -OCH3 is 2. The maximum Gasteiger partial charge on any atom is 0.143 e. The van der Waals surface area contributed by atoms with Crippen LogP contribution in [-0.2, 0) is 6.42 Å². The van der Waals surface area contributed by atoms with Crippen molar-refractivity contribution in [3.8, 4) is 11.5 Å². The van der Waals surface area contributed by atoms with Crippen molar-refractivity contribution in [1.29, 1.82) is 0 Å². The summed E-state index contributed by atoms with van der Waals surface area (Å²) in [5.74, 6) is 1.59. The molecule has 0 saturated carbocycles. The third kappa shape index (κ3) is 2.03. The SMILES string of the molecule is COc1ccc(N2CCc3cc(N)c(OC)cc32)cc1. The number of rotatable bonds is 3. The first-order valence-electron chi connectivity index (χ1n) is 6.61. The summed E-state index contributed by atoms with van der Waals surface area (Å²) in [5, 5.41) is 0. The molecule has 0 unspecified atom stereocenters. The Kier molecular flexibility index (Phi) is 3.14. The summed E-state index contributed by atoms with van der Waals surface area (Å²) in [4.78, 5) is 2.27. The average Bonchev–Trinajstić information content (AvgIpc) is 2.89. The fourth-order valence-electron chi connectivity index (χ4n) is 2.64. The van der Waals surface area contributed by atoms with E-state index in [1.165, 1.54) is 11.3 Å². The summed E-state index contributed by atoms with van der Waals surface area (Å²) in [7, 11) is 3.32. The highest BCUT2D eigenvalue weighted by Crippen LogP contribution is 2.39. The number of benzene rings is 2. The molecule has 0 aromatic heterocycles. The molecule has 1 aliphatic rings. The van der Waals surface area contributed by atoms with Gasteiger partial charge in [-0.05, 0) is 42.3 Å². The lowest BCUT2D eigenvalue weighted by Gasteiger charge is -2.20. The highest BCUT2D eigenvalue weighted by atomic mass is 16.5. The summed E-state index contributed by atoms with van der Waals surface area (Å²) in [5.41, 5.74) is 10.2. The lowest BCUT2D eigenvalue weighted by molar-refractivity contribution is 0.415. The molecule has 0 fully saturated rings. The number of nitrogens with zero attached hydrogens (tertiary/aromatic N) is 1. The van der Waals surface area contributed by atoms with Crippen molar-refractivity contribution in [1.82, 2.24) is 0 Å². The van der Waals surface area contributed by atoms with Crippen LogP contribution in [0, 0.1) is 0 Å². The van der Waals surface area contributed by atoms with Crippen LogP contribution in [0.2, 0.25) is 0 Å². The van der Waals surface area contributed by atoms with E-state index in [0.29, 0.717) is 5.69 Å². The van der Waals surface area contributed by atoms with E-state index in [2.05, 4.69) is 17.0 Å². The lowest BCUT2D eigenvalue weighted by atomic mass is 10.1. The highest BCUT2D eigenvalue weighted by molar-refractivity contribution is 5.75. The molecule has 0 radical (unpaired) electrons. The number of ether oxygens (including phenoxy) is 2. The molecule has 3 rings (SSSR count). The molecule has 4 nitrogen and oxygen atoms in total. The van der Waals surface area contributed by atoms with Gasteiger partial charge in [-0.1, -0.05) is 0 Å². The van der Waals surface area contributed by atoms with Crippen molar-refractivity contribution in [2.24, 2.45) is 0 Å². The molecule has 20 heavy (non-hydrogen) atoms. The van der Waals surface area contributed by atoms with Gasteiger partial charge in [0.25, 0.3) is 0 Å². The Balaban J connectivity index is 1.99. The Labute approximate surface area is 118 Å². The molecule has 0 saturated heterocycles. The van der Waals surface area contributed by atoms with Crippen LogP contribution < -0.4 is 20.1 Å². The summed E-state index contributed by atoms with van der Waals surface area (Å²) in [6.07, 6.45) is 0.996. The van der Waals surface area contributed by atoms with Gasteiger partial charge in [-0.3, -0.25) is 0 Å². The summed E-state index contributed by atoms with van der Waals surface area (Å²) >= 11 is 0. The minimum Gasteiger partial charge on any atom is -0.497 e. The van der Waals surface area contributed by atoms with E-state index in [0.717, 1.165) is 30.2 Å². The van der Waals surface area contributed by atoms with Gasteiger partial charge >= 0.3 is 0 Å². The van der Waals surface area contributed by atoms with E-state index in [9.17, 15) is 0 Å². The third-order valence-corrected chi connectivity index (χ3v) is 3.71. The molecule has 0 aliphatic carbocycles. The summed E-state index contributed by atoms with van der Waals surface area (Å²) < 4.78 is 10.5. The van der Waals surface area contributed by atoms with Crippen molar-refractivity contribution in [3.63, 3.8) is 0 Å². The smallest absolute Gasteiger partial charge is 0.143 e. The summed E-state index contributed by atoms with van der Waals surface area (Å²) in [6, 6.07) is 12.1. The second kappa shape index (κ2) is 4.96. The van der Waals surface area contributed by atoms with Gasteiger partial charge in [-0.25, -0.2) is 0 Å². The van der Waals surface area contributed by atoms with E-state index in [1.54, 1.807) is 14.2 Å². The minimum absolute atomic E-state index is 0.697. The number of anilines is 3. The average molecular weight is 270 g/mol. The van der Waals surface area contributed by atoms with Crippen LogP contribution in [0.15, 0.2) is 36.4 Å². The first-order valence-corrected chi connectivity index (χ1v) is 6.61. The number of fused-ring (bicyclic) bond motifs is 1. The molecule has 2 N–H and O–H groups in total. The van der Waals surface area contributed by atoms with E-state index >= 15 is 0 Å². The van der Waals surface area contributed by atoms with Crippen LogP contribution in [0.1, 0.15) is 5.56 Å². The fraction of sp³-hybridized carbons (Fsp3) is 0.250. The molecule has 104 valence electrons. The van der Waals surface area contributed by atoms with Crippen molar-refractivity contribution in [3.05, 3.63) is 42.0 Å². The van der Waals surface area contributed by atoms with Crippen molar-refractivity contribution in [2.75, 3.05) is 31.4 Å². The molecule has 1 heterocycles. The summed E-state index contributed by atoms with van der Waals surface area (Å²) in [6.45, 7) is 0.953. The van der Waals surface area contributed by atoms with Gasteiger partial charge in [0.1, 0.15) is 11.5 Å². The molecule has 0 bridgehead atoms. The van der Waals surface area contributed by atoms with E-state index < -0.39 is 0 Å². The molecule has 4 heteroatoms. The first-order chi connectivity index (χ1) is 9.72. The molecule has 0 atom stereocenters. The molecule has 0 spiro atoms. The molecular weight excluding hydrogens is 252 g/mol. The van der Waals surface area contributed by atoms with Crippen molar-refractivity contribution >= 4 is 17.1 Å². The fourth-order valence-corrected chi connectivity index (χ4v) is 2.64. The quantitative estimate of drug-likeness (QED) is 0.871. The Morgan fingerprint density at radius 1 is 1.05 bits per heavy atom. The zero-order valence-electron chi connectivity index (χ0n) is 11.7. The van der Waals surface area contributed by atoms with E-state index in [1.807, 2.05) is 24.3 Å². The minimum atomic E-state index is 0.697. The Morgan fingerprint density at radius 3 is 2.45 bits per heavy atom. The van der Waals surface area contributed by atoms with Crippen LogP contribution in [-0.4, -0.2) is 20.8 Å². The second-order valence-corrected chi connectivity index (χ2v) is 4.82. The highest BCUT2D eigenvalue weighted by Gasteiger charge is 2.22. The van der Waals surface area contributed by atoms with Gasteiger partial charge < -0.3 is 20.1 Å². The third-order valence-electron chi connectivity index (χ3n) is 3.71. The van der Waals surface area contributed by atoms with Gasteiger partial charge in [0, 0.05) is 24.0 Å². The maximum atomic E-state index is 5.97. The van der Waals surface area contributed by atoms with Crippen LogP contribution in [0.4, 0.5) is 17.1 Å². The standard InChI is InChI=1S/C16H18N2O2/c1-19-13-5-3-12(4-6-13)18-8-7-11-9-14(17)16(20-2)10-15(11)18/h3-6,9-10H,7-8,17H2,1-2H3. The second-order valence-electron chi connectivity index (χ2n) is 4.82. The molecular formula is C16H18N2O2. The zero-order valence-corrected chi connectivity index (χ0v) is 11.7. The number of hydrogen-bond donors (Lipinski definition) is 1. The molecule has 2 aromatic rings. The largest absolute Gasteiger partial charge is 0.497 e. The predicted octanol–water partition coefficient (Wildman–Crippen LogP) is 2.98. The Hall–Kier alpha value is -2.36. The van der Waals surface area contributed by atoms with Gasteiger partial charge in [0.15, 0.2) is 0 Å². The van der Waals surface area contributed by atoms with Crippen LogP contribution in [0.25, 0.3) is 0 Å². The maximum absolute atomic E-state index is 5.97. The molecule has 1 aliphatic heterocycles. The normalized spacial score (nSPS) is 13.2. The van der Waals surface area contributed by atoms with Gasteiger partial charge in [0.2, 0.25) is 0 Å².